The van der Waals surface area contributed by atoms with Crippen molar-refractivity contribution in [1.29, 1.82) is 0 Å². The van der Waals surface area contributed by atoms with Gasteiger partial charge in [0.25, 0.3) is 0 Å². The summed E-state index contributed by atoms with van der Waals surface area (Å²) < 4.78 is 27.5. The molecule has 0 spiro atoms. The maximum atomic E-state index is 13.0. The van der Waals surface area contributed by atoms with Crippen molar-refractivity contribution in [3.63, 3.8) is 0 Å². The van der Waals surface area contributed by atoms with Crippen LogP contribution >= 0.6 is 0 Å². The molecule has 2 aliphatic heterocycles. The van der Waals surface area contributed by atoms with Crippen molar-refractivity contribution in [2.75, 3.05) is 25.9 Å². The second-order valence-corrected chi connectivity index (χ2v) is 9.18. The van der Waals surface area contributed by atoms with E-state index in [1.807, 2.05) is 19.3 Å². The Hall–Kier alpha value is -1.98. The number of aryl methyl sites for hydroxylation is 1. The number of carbonyl (C=O) groups is 2. The zero-order valence-electron chi connectivity index (χ0n) is 15.8. The van der Waals surface area contributed by atoms with Gasteiger partial charge in [-0.25, -0.2) is 13.1 Å². The third kappa shape index (κ3) is 5.05. The molecule has 2 N–H and O–H groups in total. The van der Waals surface area contributed by atoms with Gasteiger partial charge in [0, 0.05) is 58.4 Å². The van der Waals surface area contributed by atoms with Crippen molar-refractivity contribution in [3.8, 4) is 0 Å². The van der Waals surface area contributed by atoms with Crippen molar-refractivity contribution in [3.05, 3.63) is 18.0 Å². The Bertz CT molecular complexity index is 823. The number of rotatable bonds is 5. The fraction of sp³-hybridized carbons (Fsp3) is 0.688. The summed E-state index contributed by atoms with van der Waals surface area (Å²) in [5.41, 5.74) is 0.879. The van der Waals surface area contributed by atoms with Gasteiger partial charge in [0.1, 0.15) is 6.04 Å². The highest BCUT2D eigenvalue weighted by Crippen LogP contribution is 2.24. The van der Waals surface area contributed by atoms with E-state index in [1.165, 1.54) is 6.92 Å². The number of sulfonamides is 1. The highest BCUT2D eigenvalue weighted by Gasteiger charge is 2.43. The number of hydrogen-bond donors (Lipinski definition) is 2. The van der Waals surface area contributed by atoms with E-state index in [2.05, 4.69) is 20.0 Å². The molecule has 150 valence electrons. The fourth-order valence-electron chi connectivity index (χ4n) is 3.92. The Balaban J connectivity index is 1.79. The first kappa shape index (κ1) is 19.8. The van der Waals surface area contributed by atoms with Crippen LogP contribution in [0, 0.1) is 0 Å². The van der Waals surface area contributed by atoms with E-state index in [1.54, 1.807) is 9.58 Å². The predicted octanol–water partition coefficient (Wildman–Crippen LogP) is -1.74. The normalized spacial score (nSPS) is 26.7. The smallest absolute Gasteiger partial charge is 0.246 e. The predicted molar refractivity (Wildman–Crippen MR) is 98.0 cm³/mol. The summed E-state index contributed by atoms with van der Waals surface area (Å²) in [5, 5.41) is 7.12. The zero-order chi connectivity index (χ0) is 19.8. The molecule has 3 rings (SSSR count). The van der Waals surface area contributed by atoms with E-state index >= 15 is 0 Å². The van der Waals surface area contributed by atoms with Gasteiger partial charge in [0.2, 0.25) is 21.8 Å². The van der Waals surface area contributed by atoms with Crippen LogP contribution in [0.15, 0.2) is 12.3 Å². The van der Waals surface area contributed by atoms with E-state index < -0.39 is 16.1 Å². The van der Waals surface area contributed by atoms with Crippen LogP contribution in [0.4, 0.5) is 0 Å². The highest BCUT2D eigenvalue weighted by molar-refractivity contribution is 7.88. The third-order valence-corrected chi connectivity index (χ3v) is 5.58. The number of fused-ring (bicyclic) bond motifs is 1. The molecule has 0 radical (unpaired) electrons. The average Bonchev–Trinajstić information content (AvgIpc) is 3.07. The third-order valence-electron chi connectivity index (χ3n) is 4.82. The minimum absolute atomic E-state index is 0.112. The Kier molecular flexibility index (Phi) is 5.54. The molecule has 1 aromatic rings. The van der Waals surface area contributed by atoms with E-state index in [4.69, 9.17) is 0 Å². The average molecular weight is 398 g/mol. The summed E-state index contributed by atoms with van der Waals surface area (Å²) >= 11 is 0. The summed E-state index contributed by atoms with van der Waals surface area (Å²) in [6.07, 6.45) is 3.52. The maximum absolute atomic E-state index is 13.0. The van der Waals surface area contributed by atoms with Gasteiger partial charge in [-0.15, -0.1) is 0 Å². The van der Waals surface area contributed by atoms with Gasteiger partial charge >= 0.3 is 0 Å². The molecular weight excluding hydrogens is 372 g/mol. The second kappa shape index (κ2) is 7.56. The van der Waals surface area contributed by atoms with Crippen molar-refractivity contribution < 1.29 is 18.0 Å². The SMILES string of the molecule is CC(=O)N[C@H]1CN(Cc2ccn(C)n2)C[C@@H]2C[C@H](NS(C)(=O)=O)CN2C1=O. The molecule has 3 heterocycles. The molecule has 0 aliphatic carbocycles. The van der Waals surface area contributed by atoms with Crippen LogP contribution in [-0.2, 0) is 33.2 Å². The molecule has 27 heavy (non-hydrogen) atoms. The lowest BCUT2D eigenvalue weighted by atomic mass is 10.1. The first-order chi connectivity index (χ1) is 12.6. The van der Waals surface area contributed by atoms with Crippen LogP contribution in [0.25, 0.3) is 0 Å². The highest BCUT2D eigenvalue weighted by atomic mass is 32.2. The van der Waals surface area contributed by atoms with Crippen molar-refractivity contribution in [2.24, 2.45) is 7.05 Å². The molecule has 10 nitrogen and oxygen atoms in total. The summed E-state index contributed by atoms with van der Waals surface area (Å²) in [5.74, 6) is -0.439. The van der Waals surface area contributed by atoms with Gasteiger partial charge in [-0.2, -0.15) is 5.10 Å². The van der Waals surface area contributed by atoms with E-state index in [0.29, 0.717) is 32.6 Å². The first-order valence-electron chi connectivity index (χ1n) is 8.86. The summed E-state index contributed by atoms with van der Waals surface area (Å²) in [6, 6.07) is 0.828. The van der Waals surface area contributed by atoms with Crippen molar-refractivity contribution >= 4 is 21.8 Å². The molecule has 2 amide bonds. The molecule has 3 atom stereocenters. The van der Waals surface area contributed by atoms with Crippen LogP contribution < -0.4 is 10.0 Å². The Morgan fingerprint density at radius 3 is 2.67 bits per heavy atom. The Labute approximate surface area is 158 Å². The lowest BCUT2D eigenvalue weighted by Gasteiger charge is -2.24. The summed E-state index contributed by atoms with van der Waals surface area (Å²) in [6.45, 7) is 3.24. The van der Waals surface area contributed by atoms with Crippen molar-refractivity contribution in [1.82, 2.24) is 29.6 Å². The van der Waals surface area contributed by atoms with Crippen LogP contribution in [0.2, 0.25) is 0 Å². The minimum atomic E-state index is -3.35. The van der Waals surface area contributed by atoms with Gasteiger partial charge in [0.15, 0.2) is 0 Å². The molecule has 0 aromatic carbocycles. The quantitative estimate of drug-likeness (QED) is 0.608. The fourth-order valence-corrected chi connectivity index (χ4v) is 4.69. The Morgan fingerprint density at radius 1 is 1.33 bits per heavy atom. The first-order valence-corrected chi connectivity index (χ1v) is 10.8. The van der Waals surface area contributed by atoms with Crippen LogP contribution in [-0.4, -0.2) is 83.8 Å². The molecule has 11 heteroatoms. The summed E-state index contributed by atoms with van der Waals surface area (Å²) in [7, 11) is -1.51. The maximum Gasteiger partial charge on any atom is 0.246 e. The van der Waals surface area contributed by atoms with Crippen molar-refractivity contribution in [2.45, 2.75) is 38.0 Å². The molecule has 0 unspecified atom stereocenters. The van der Waals surface area contributed by atoms with E-state index in [0.717, 1.165) is 11.9 Å². The van der Waals surface area contributed by atoms with Gasteiger partial charge in [-0.05, 0) is 12.5 Å². The molecule has 2 saturated heterocycles. The van der Waals surface area contributed by atoms with Crippen LogP contribution in [0.1, 0.15) is 19.0 Å². The molecule has 0 bridgehead atoms. The number of nitrogens with zero attached hydrogens (tertiary/aromatic N) is 4. The van der Waals surface area contributed by atoms with Gasteiger partial charge in [-0.3, -0.25) is 19.2 Å². The van der Waals surface area contributed by atoms with Crippen LogP contribution in [0.5, 0.6) is 0 Å². The van der Waals surface area contributed by atoms with Gasteiger partial charge in [-0.1, -0.05) is 0 Å². The second-order valence-electron chi connectivity index (χ2n) is 7.40. The van der Waals surface area contributed by atoms with E-state index in [-0.39, 0.29) is 23.9 Å². The Morgan fingerprint density at radius 2 is 2.07 bits per heavy atom. The number of nitrogens with one attached hydrogen (secondary N) is 2. The monoisotopic (exact) mass is 398 g/mol. The van der Waals surface area contributed by atoms with Crippen LogP contribution in [0.3, 0.4) is 0 Å². The molecule has 2 fully saturated rings. The number of amides is 2. The summed E-state index contributed by atoms with van der Waals surface area (Å²) in [4.78, 5) is 28.3. The largest absolute Gasteiger partial charge is 0.343 e. The topological polar surface area (TPSA) is 117 Å². The molecule has 0 saturated carbocycles. The zero-order valence-corrected chi connectivity index (χ0v) is 16.6. The number of hydrogen-bond acceptors (Lipinski definition) is 6. The number of aromatic nitrogens is 2. The lowest BCUT2D eigenvalue weighted by molar-refractivity contribution is -0.135. The molecule has 1 aromatic heterocycles. The standard InChI is InChI=1S/C16H26N6O4S/c1-11(23)17-15-10-21(7-12-4-5-20(2)18-12)9-14-6-13(19-27(3,25)26)8-22(14)16(15)24/h4-5,13-15,19H,6-10H2,1-3H3,(H,17,23)/t13-,14-,15-/m0/s1. The van der Waals surface area contributed by atoms with Gasteiger partial charge < -0.3 is 10.2 Å². The van der Waals surface area contributed by atoms with E-state index in [9.17, 15) is 18.0 Å². The number of carbonyl (C=O) groups excluding carboxylic acids is 2. The van der Waals surface area contributed by atoms with Gasteiger partial charge in [0.05, 0.1) is 11.9 Å². The minimum Gasteiger partial charge on any atom is -0.343 e. The lowest BCUT2D eigenvalue weighted by Crippen LogP contribution is -2.51. The molecule has 2 aliphatic rings. The molecular formula is C16H26N6O4S.